The Hall–Kier alpha value is -1.75. The van der Waals surface area contributed by atoms with Gasteiger partial charge in [0.2, 0.25) is 0 Å². The van der Waals surface area contributed by atoms with Crippen LogP contribution in [0.25, 0.3) is 0 Å². The number of nitrogens with two attached hydrogens (primary N) is 1. The van der Waals surface area contributed by atoms with Crippen LogP contribution < -0.4 is 16.4 Å². The lowest BCUT2D eigenvalue weighted by molar-refractivity contribution is 0.0963. The van der Waals surface area contributed by atoms with Gasteiger partial charge < -0.3 is 16.4 Å². The van der Waals surface area contributed by atoms with E-state index in [4.69, 9.17) is 5.73 Å². The van der Waals surface area contributed by atoms with Gasteiger partial charge in [-0.3, -0.25) is 9.69 Å². The minimum Gasteiger partial charge on any atom is -0.397 e. The standard InChI is InChI=1S/C15H24N4O/c1-3-19-8-4-5-12(19)10-18-14-9-11(15(20)17-2)6-7-13(14)16/h6-7,9,12,18H,3-5,8,10,16H2,1-2H3,(H,17,20). The van der Waals surface area contributed by atoms with Crippen molar-refractivity contribution in [2.24, 2.45) is 0 Å². The van der Waals surface area contributed by atoms with Crippen molar-refractivity contribution in [2.75, 3.05) is 37.7 Å². The van der Waals surface area contributed by atoms with Gasteiger partial charge in [0.25, 0.3) is 5.91 Å². The van der Waals surface area contributed by atoms with E-state index in [0.717, 1.165) is 18.8 Å². The number of carbonyl (C=O) groups is 1. The van der Waals surface area contributed by atoms with Crippen molar-refractivity contribution in [1.82, 2.24) is 10.2 Å². The summed E-state index contributed by atoms with van der Waals surface area (Å²) in [6.45, 7) is 5.32. The molecule has 1 saturated heterocycles. The molecule has 1 atom stereocenters. The van der Waals surface area contributed by atoms with Gasteiger partial charge in [-0.05, 0) is 44.1 Å². The zero-order valence-electron chi connectivity index (χ0n) is 12.3. The Kier molecular flexibility index (Phi) is 4.84. The molecule has 0 saturated carbocycles. The summed E-state index contributed by atoms with van der Waals surface area (Å²) in [6.07, 6.45) is 2.48. The van der Waals surface area contributed by atoms with Crippen molar-refractivity contribution in [3.8, 4) is 0 Å². The van der Waals surface area contributed by atoms with E-state index in [2.05, 4.69) is 22.5 Å². The highest BCUT2D eigenvalue weighted by atomic mass is 16.1. The molecular formula is C15H24N4O. The number of nitrogen functional groups attached to an aromatic ring is 1. The highest BCUT2D eigenvalue weighted by Gasteiger charge is 2.22. The van der Waals surface area contributed by atoms with Crippen LogP contribution in [-0.4, -0.2) is 43.5 Å². The first-order valence-electron chi connectivity index (χ1n) is 7.25. The van der Waals surface area contributed by atoms with E-state index in [9.17, 15) is 4.79 Å². The first-order valence-corrected chi connectivity index (χ1v) is 7.25. The highest BCUT2D eigenvalue weighted by molar-refractivity contribution is 5.96. The number of nitrogens with zero attached hydrogens (tertiary/aromatic N) is 1. The quantitative estimate of drug-likeness (QED) is 0.713. The normalized spacial score (nSPS) is 19.0. The van der Waals surface area contributed by atoms with Gasteiger partial charge in [0.1, 0.15) is 0 Å². The zero-order valence-corrected chi connectivity index (χ0v) is 12.3. The number of likely N-dealkylation sites (N-methyl/N-ethyl adjacent to an activating group) is 1. The third-order valence-electron chi connectivity index (χ3n) is 3.98. The number of rotatable bonds is 5. The molecule has 1 fully saturated rings. The van der Waals surface area contributed by atoms with E-state index in [1.807, 2.05) is 6.07 Å². The molecule has 1 amide bonds. The largest absolute Gasteiger partial charge is 0.397 e. The molecule has 1 heterocycles. The van der Waals surface area contributed by atoms with Crippen LogP contribution in [-0.2, 0) is 0 Å². The van der Waals surface area contributed by atoms with E-state index in [1.54, 1.807) is 19.2 Å². The summed E-state index contributed by atoms with van der Waals surface area (Å²) in [4.78, 5) is 14.1. The Morgan fingerprint density at radius 2 is 2.30 bits per heavy atom. The second kappa shape index (κ2) is 6.61. The van der Waals surface area contributed by atoms with Crippen molar-refractivity contribution >= 4 is 17.3 Å². The molecule has 1 unspecified atom stereocenters. The fraction of sp³-hybridized carbons (Fsp3) is 0.533. The molecule has 1 aromatic rings. The molecule has 2 rings (SSSR count). The molecule has 0 spiro atoms. The molecule has 1 aliphatic rings. The Bertz CT molecular complexity index is 475. The van der Waals surface area contributed by atoms with Crippen LogP contribution in [0, 0.1) is 0 Å². The maximum Gasteiger partial charge on any atom is 0.251 e. The van der Waals surface area contributed by atoms with Gasteiger partial charge in [-0.1, -0.05) is 6.92 Å². The SMILES string of the molecule is CCN1CCCC1CNc1cc(C(=O)NC)ccc1N. The lowest BCUT2D eigenvalue weighted by Gasteiger charge is -2.23. The van der Waals surface area contributed by atoms with Crippen LogP contribution in [0.1, 0.15) is 30.1 Å². The summed E-state index contributed by atoms with van der Waals surface area (Å²) in [7, 11) is 1.63. The first-order chi connectivity index (χ1) is 9.65. The Balaban J connectivity index is 2.03. The number of hydrogen-bond acceptors (Lipinski definition) is 4. The summed E-state index contributed by atoms with van der Waals surface area (Å²) in [5, 5.41) is 6.02. The topological polar surface area (TPSA) is 70.4 Å². The average Bonchev–Trinajstić information content (AvgIpc) is 2.93. The fourth-order valence-electron chi connectivity index (χ4n) is 2.77. The van der Waals surface area contributed by atoms with E-state index in [0.29, 0.717) is 17.3 Å². The number of hydrogen-bond donors (Lipinski definition) is 3. The molecule has 110 valence electrons. The predicted molar refractivity (Wildman–Crippen MR) is 83.0 cm³/mol. The predicted octanol–water partition coefficient (Wildman–Crippen LogP) is 1.52. The van der Waals surface area contributed by atoms with Crippen LogP contribution in [0.4, 0.5) is 11.4 Å². The monoisotopic (exact) mass is 276 g/mol. The van der Waals surface area contributed by atoms with E-state index in [-0.39, 0.29) is 5.91 Å². The second-order valence-corrected chi connectivity index (χ2v) is 5.19. The molecule has 20 heavy (non-hydrogen) atoms. The van der Waals surface area contributed by atoms with Gasteiger partial charge in [-0.15, -0.1) is 0 Å². The Labute approximate surface area is 120 Å². The molecular weight excluding hydrogens is 252 g/mol. The van der Waals surface area contributed by atoms with Gasteiger partial charge in [0.05, 0.1) is 11.4 Å². The van der Waals surface area contributed by atoms with Crippen LogP contribution in [0.5, 0.6) is 0 Å². The minimum absolute atomic E-state index is 0.0934. The summed E-state index contributed by atoms with van der Waals surface area (Å²) in [5.41, 5.74) is 8.12. The lowest BCUT2D eigenvalue weighted by atomic mass is 10.1. The van der Waals surface area contributed by atoms with E-state index < -0.39 is 0 Å². The van der Waals surface area contributed by atoms with Crippen molar-refractivity contribution < 1.29 is 4.79 Å². The summed E-state index contributed by atoms with van der Waals surface area (Å²) < 4.78 is 0. The Morgan fingerprint density at radius 3 is 3.00 bits per heavy atom. The number of likely N-dealkylation sites (tertiary alicyclic amines) is 1. The molecule has 0 radical (unpaired) electrons. The van der Waals surface area contributed by atoms with Crippen molar-refractivity contribution in [3.63, 3.8) is 0 Å². The van der Waals surface area contributed by atoms with Crippen molar-refractivity contribution in [3.05, 3.63) is 23.8 Å². The summed E-state index contributed by atoms with van der Waals surface area (Å²) in [6, 6.07) is 5.90. The zero-order chi connectivity index (χ0) is 14.5. The molecule has 0 bridgehead atoms. The molecule has 5 heteroatoms. The number of carbonyl (C=O) groups excluding carboxylic acids is 1. The maximum atomic E-state index is 11.6. The number of nitrogens with one attached hydrogen (secondary N) is 2. The molecule has 4 N–H and O–H groups in total. The van der Waals surface area contributed by atoms with Crippen LogP contribution in [0.3, 0.4) is 0 Å². The van der Waals surface area contributed by atoms with E-state index in [1.165, 1.54) is 19.4 Å². The van der Waals surface area contributed by atoms with E-state index >= 15 is 0 Å². The summed E-state index contributed by atoms with van der Waals surface area (Å²) >= 11 is 0. The third-order valence-corrected chi connectivity index (χ3v) is 3.98. The maximum absolute atomic E-state index is 11.6. The van der Waals surface area contributed by atoms with Gasteiger partial charge in [0.15, 0.2) is 0 Å². The van der Waals surface area contributed by atoms with Crippen LogP contribution in [0.15, 0.2) is 18.2 Å². The Morgan fingerprint density at radius 1 is 1.50 bits per heavy atom. The molecule has 5 nitrogen and oxygen atoms in total. The van der Waals surface area contributed by atoms with Gasteiger partial charge in [-0.25, -0.2) is 0 Å². The van der Waals surface area contributed by atoms with Crippen molar-refractivity contribution in [1.29, 1.82) is 0 Å². The molecule has 0 aromatic heterocycles. The lowest BCUT2D eigenvalue weighted by Crippen LogP contribution is -2.34. The number of amides is 1. The minimum atomic E-state index is -0.0934. The van der Waals surface area contributed by atoms with Gasteiger partial charge in [-0.2, -0.15) is 0 Å². The average molecular weight is 276 g/mol. The number of benzene rings is 1. The third kappa shape index (κ3) is 3.22. The van der Waals surface area contributed by atoms with Crippen LogP contribution >= 0.6 is 0 Å². The highest BCUT2D eigenvalue weighted by Crippen LogP contribution is 2.22. The van der Waals surface area contributed by atoms with Crippen LogP contribution in [0.2, 0.25) is 0 Å². The van der Waals surface area contributed by atoms with Gasteiger partial charge in [0, 0.05) is 25.2 Å². The second-order valence-electron chi connectivity index (χ2n) is 5.19. The number of anilines is 2. The fourth-order valence-corrected chi connectivity index (χ4v) is 2.77. The molecule has 1 aliphatic heterocycles. The first kappa shape index (κ1) is 14.7. The van der Waals surface area contributed by atoms with Crippen molar-refractivity contribution in [2.45, 2.75) is 25.8 Å². The smallest absolute Gasteiger partial charge is 0.251 e. The molecule has 1 aromatic carbocycles. The molecule has 0 aliphatic carbocycles. The summed E-state index contributed by atoms with van der Waals surface area (Å²) in [5.74, 6) is -0.0934. The van der Waals surface area contributed by atoms with Gasteiger partial charge >= 0.3 is 0 Å².